The van der Waals surface area contributed by atoms with Crippen LogP contribution in [0.4, 0.5) is 4.39 Å². The maximum Gasteiger partial charge on any atom is 0.251 e. The van der Waals surface area contributed by atoms with E-state index in [1.165, 1.54) is 0 Å². The normalized spacial score (nSPS) is 19.1. The Morgan fingerprint density at radius 3 is 3.22 bits per heavy atom. The summed E-state index contributed by atoms with van der Waals surface area (Å²) in [6.07, 6.45) is 3.32. The summed E-state index contributed by atoms with van der Waals surface area (Å²) < 4.78 is 24.8. The van der Waals surface area contributed by atoms with Crippen molar-refractivity contribution in [3.63, 3.8) is 0 Å². The maximum absolute atomic E-state index is 14.1. The fraction of sp³-hybridized carbons (Fsp3) is 0.615. The molecule has 100 valence electrons. The molecule has 0 saturated carbocycles. The lowest BCUT2D eigenvalue weighted by molar-refractivity contribution is 0.134. The summed E-state index contributed by atoms with van der Waals surface area (Å²) in [5.41, 5.74) is 0.590. The van der Waals surface area contributed by atoms with Gasteiger partial charge in [-0.15, -0.1) is 0 Å². The first-order valence-electron chi connectivity index (χ1n) is 6.39. The smallest absolute Gasteiger partial charge is 0.251 e. The Hall–Kier alpha value is -1.20. The van der Waals surface area contributed by atoms with Gasteiger partial charge in [0.2, 0.25) is 0 Å². The molecular formula is C13H19FN2O2. The van der Waals surface area contributed by atoms with Crippen molar-refractivity contribution in [3.05, 3.63) is 23.6 Å². The lowest BCUT2D eigenvalue weighted by Crippen LogP contribution is -2.19. The topological polar surface area (TPSA) is 43.4 Å². The monoisotopic (exact) mass is 254 g/mol. The van der Waals surface area contributed by atoms with Gasteiger partial charge < -0.3 is 14.8 Å². The van der Waals surface area contributed by atoms with Crippen LogP contribution in [0.2, 0.25) is 0 Å². The minimum absolute atomic E-state index is 0.0779. The van der Waals surface area contributed by atoms with E-state index >= 15 is 0 Å². The zero-order chi connectivity index (χ0) is 12.8. The van der Waals surface area contributed by atoms with Crippen molar-refractivity contribution < 1.29 is 13.9 Å². The molecule has 0 bridgehead atoms. The lowest BCUT2D eigenvalue weighted by atomic mass is 10.2. The van der Waals surface area contributed by atoms with Crippen molar-refractivity contribution in [2.24, 2.45) is 0 Å². The highest BCUT2D eigenvalue weighted by Crippen LogP contribution is 2.20. The van der Waals surface area contributed by atoms with Crippen LogP contribution in [0.3, 0.4) is 0 Å². The van der Waals surface area contributed by atoms with Crippen molar-refractivity contribution in [3.8, 4) is 5.88 Å². The summed E-state index contributed by atoms with van der Waals surface area (Å²) in [5.74, 6) is -0.283. The Morgan fingerprint density at radius 2 is 2.50 bits per heavy atom. The summed E-state index contributed by atoms with van der Waals surface area (Å²) in [6, 6.07) is 1.68. The number of halogens is 1. The first-order chi connectivity index (χ1) is 8.81. The Balaban J connectivity index is 1.99. The Kier molecular flexibility index (Phi) is 4.90. The Morgan fingerprint density at radius 1 is 1.61 bits per heavy atom. The molecule has 1 N–H and O–H groups in total. The van der Waals surface area contributed by atoms with E-state index in [1.807, 2.05) is 0 Å². The molecule has 0 spiro atoms. The molecule has 18 heavy (non-hydrogen) atoms. The molecule has 2 rings (SSSR count). The number of aromatic nitrogens is 1. The maximum atomic E-state index is 14.1. The average Bonchev–Trinajstić information content (AvgIpc) is 2.87. The largest absolute Gasteiger partial charge is 0.470 e. The highest BCUT2D eigenvalue weighted by atomic mass is 19.1. The van der Waals surface area contributed by atoms with E-state index in [0.717, 1.165) is 19.4 Å². The lowest BCUT2D eigenvalue weighted by Gasteiger charge is -2.13. The van der Waals surface area contributed by atoms with Crippen LogP contribution < -0.4 is 10.1 Å². The quantitative estimate of drug-likeness (QED) is 0.787. The van der Waals surface area contributed by atoms with Crippen molar-refractivity contribution in [2.45, 2.75) is 32.4 Å². The van der Waals surface area contributed by atoms with Gasteiger partial charge in [-0.3, -0.25) is 0 Å². The second kappa shape index (κ2) is 6.66. The van der Waals surface area contributed by atoms with Gasteiger partial charge in [-0.05, 0) is 19.0 Å². The van der Waals surface area contributed by atoms with Gasteiger partial charge in [-0.1, -0.05) is 6.92 Å². The summed E-state index contributed by atoms with van der Waals surface area (Å²) in [6.45, 7) is 4.63. The SMILES string of the molecule is CCCNCc1ccnc(OC2CCOC2)c1F. The molecular weight excluding hydrogens is 235 g/mol. The molecule has 1 aliphatic heterocycles. The van der Waals surface area contributed by atoms with Crippen LogP contribution in [0, 0.1) is 5.82 Å². The molecule has 1 aliphatic rings. The molecule has 0 aliphatic carbocycles. The Bertz CT molecular complexity index is 381. The number of nitrogens with zero attached hydrogens (tertiary/aromatic N) is 1. The van der Waals surface area contributed by atoms with Gasteiger partial charge in [-0.25, -0.2) is 9.37 Å². The van der Waals surface area contributed by atoms with Crippen molar-refractivity contribution in [2.75, 3.05) is 19.8 Å². The second-order valence-electron chi connectivity index (χ2n) is 4.37. The number of ether oxygens (including phenoxy) is 2. The third-order valence-corrected chi connectivity index (χ3v) is 2.85. The molecule has 1 aromatic heterocycles. The highest BCUT2D eigenvalue weighted by Gasteiger charge is 2.20. The number of rotatable bonds is 6. The number of pyridine rings is 1. The average molecular weight is 254 g/mol. The van der Waals surface area contributed by atoms with Crippen LogP contribution in [0.15, 0.2) is 12.3 Å². The second-order valence-corrected chi connectivity index (χ2v) is 4.37. The third kappa shape index (κ3) is 3.40. The summed E-state index contributed by atoms with van der Waals surface area (Å²) >= 11 is 0. The summed E-state index contributed by atoms with van der Waals surface area (Å²) in [7, 11) is 0. The molecule has 1 fully saturated rings. The van der Waals surface area contributed by atoms with E-state index in [9.17, 15) is 4.39 Å². The predicted molar refractivity (Wildman–Crippen MR) is 66.0 cm³/mol. The molecule has 1 aromatic rings. The molecule has 4 nitrogen and oxygen atoms in total. The highest BCUT2D eigenvalue weighted by molar-refractivity contribution is 5.23. The minimum Gasteiger partial charge on any atom is -0.470 e. The first kappa shape index (κ1) is 13.2. The van der Waals surface area contributed by atoms with Gasteiger partial charge in [0.05, 0.1) is 13.2 Å². The molecule has 0 aromatic carbocycles. The fourth-order valence-corrected chi connectivity index (χ4v) is 1.84. The first-order valence-corrected chi connectivity index (χ1v) is 6.39. The van der Waals surface area contributed by atoms with Crippen LogP contribution in [0.1, 0.15) is 25.3 Å². The predicted octanol–water partition coefficient (Wildman–Crippen LogP) is 1.89. The van der Waals surface area contributed by atoms with Gasteiger partial charge in [0.15, 0.2) is 5.82 Å². The van der Waals surface area contributed by atoms with E-state index in [2.05, 4.69) is 17.2 Å². The molecule has 5 heteroatoms. The molecule has 1 unspecified atom stereocenters. The molecule has 2 heterocycles. The number of hydrogen-bond donors (Lipinski definition) is 1. The van der Waals surface area contributed by atoms with Gasteiger partial charge in [0.25, 0.3) is 5.88 Å². The third-order valence-electron chi connectivity index (χ3n) is 2.85. The van der Waals surface area contributed by atoms with Crippen molar-refractivity contribution in [1.82, 2.24) is 10.3 Å². The molecule has 1 atom stereocenters. The van der Waals surface area contributed by atoms with Crippen LogP contribution in [0.25, 0.3) is 0 Å². The number of nitrogens with one attached hydrogen (secondary N) is 1. The standard InChI is InChI=1S/C13H19FN2O2/c1-2-5-15-8-10-3-6-16-13(12(10)14)18-11-4-7-17-9-11/h3,6,11,15H,2,4-5,7-9H2,1H3. The fourth-order valence-electron chi connectivity index (χ4n) is 1.84. The zero-order valence-corrected chi connectivity index (χ0v) is 10.6. The van der Waals surface area contributed by atoms with E-state index < -0.39 is 0 Å². The van der Waals surface area contributed by atoms with Crippen molar-refractivity contribution in [1.29, 1.82) is 0 Å². The van der Waals surface area contributed by atoms with Crippen molar-refractivity contribution >= 4 is 0 Å². The summed E-state index contributed by atoms with van der Waals surface area (Å²) in [5, 5.41) is 3.17. The Labute approximate surface area is 107 Å². The molecule has 0 radical (unpaired) electrons. The molecule has 1 saturated heterocycles. The van der Waals surface area contributed by atoms with E-state index in [-0.39, 0.29) is 17.8 Å². The molecule has 0 amide bonds. The summed E-state index contributed by atoms with van der Waals surface area (Å²) in [4.78, 5) is 3.95. The van der Waals surface area contributed by atoms with Crippen LogP contribution in [0.5, 0.6) is 5.88 Å². The van der Waals surface area contributed by atoms with Crippen LogP contribution in [-0.4, -0.2) is 30.8 Å². The van der Waals surface area contributed by atoms with E-state index in [4.69, 9.17) is 9.47 Å². The van der Waals surface area contributed by atoms with Gasteiger partial charge in [-0.2, -0.15) is 0 Å². The van der Waals surface area contributed by atoms with Gasteiger partial charge in [0.1, 0.15) is 6.10 Å². The zero-order valence-electron chi connectivity index (χ0n) is 10.6. The van der Waals surface area contributed by atoms with E-state index in [0.29, 0.717) is 25.3 Å². The van der Waals surface area contributed by atoms with Crippen LogP contribution >= 0.6 is 0 Å². The minimum atomic E-state index is -0.368. The number of hydrogen-bond acceptors (Lipinski definition) is 4. The van der Waals surface area contributed by atoms with Gasteiger partial charge in [0, 0.05) is 24.7 Å². The van der Waals surface area contributed by atoms with E-state index in [1.54, 1.807) is 12.3 Å². The van der Waals surface area contributed by atoms with Gasteiger partial charge >= 0.3 is 0 Å². The van der Waals surface area contributed by atoms with Crippen LogP contribution in [-0.2, 0) is 11.3 Å².